The molecule has 0 aliphatic carbocycles. The standard InChI is InChI=1S/C14H16Cl2N4S/c1-3-20-13(6-7-17-20)9(2)18-14(21)19-12-5-4-10(15)8-11(12)16/h4-9H,3H2,1-2H3,(H2,18,19,21). The highest BCUT2D eigenvalue weighted by Gasteiger charge is 2.12. The van der Waals surface area contributed by atoms with Crippen LogP contribution >= 0.6 is 35.4 Å². The maximum absolute atomic E-state index is 6.11. The molecule has 1 atom stereocenters. The molecule has 0 bridgehead atoms. The van der Waals surface area contributed by atoms with Gasteiger partial charge in [0.1, 0.15) is 0 Å². The van der Waals surface area contributed by atoms with E-state index in [1.54, 1.807) is 24.4 Å². The van der Waals surface area contributed by atoms with Crippen molar-refractivity contribution >= 4 is 46.2 Å². The molecule has 0 aliphatic rings. The van der Waals surface area contributed by atoms with Gasteiger partial charge in [-0.3, -0.25) is 4.68 Å². The Labute approximate surface area is 139 Å². The van der Waals surface area contributed by atoms with E-state index in [9.17, 15) is 0 Å². The summed E-state index contributed by atoms with van der Waals surface area (Å²) in [6.07, 6.45) is 1.78. The van der Waals surface area contributed by atoms with Crippen molar-refractivity contribution in [2.24, 2.45) is 0 Å². The summed E-state index contributed by atoms with van der Waals surface area (Å²) in [7, 11) is 0. The summed E-state index contributed by atoms with van der Waals surface area (Å²) in [5.41, 5.74) is 1.79. The van der Waals surface area contributed by atoms with Gasteiger partial charge < -0.3 is 10.6 Å². The minimum Gasteiger partial charge on any atom is -0.354 e. The zero-order valence-corrected chi connectivity index (χ0v) is 14.1. The molecule has 0 radical (unpaired) electrons. The highest BCUT2D eigenvalue weighted by molar-refractivity contribution is 7.80. The van der Waals surface area contributed by atoms with Gasteiger partial charge in [0.05, 0.1) is 22.4 Å². The number of halogens is 2. The molecule has 2 aromatic rings. The van der Waals surface area contributed by atoms with Crippen LogP contribution in [-0.4, -0.2) is 14.9 Å². The fourth-order valence-corrected chi connectivity index (χ4v) is 2.74. The van der Waals surface area contributed by atoms with E-state index in [1.165, 1.54) is 0 Å². The van der Waals surface area contributed by atoms with Crippen molar-refractivity contribution in [1.29, 1.82) is 0 Å². The smallest absolute Gasteiger partial charge is 0.171 e. The Morgan fingerprint density at radius 1 is 1.38 bits per heavy atom. The van der Waals surface area contributed by atoms with Gasteiger partial charge in [-0.1, -0.05) is 23.2 Å². The summed E-state index contributed by atoms with van der Waals surface area (Å²) < 4.78 is 1.93. The molecule has 4 nitrogen and oxygen atoms in total. The lowest BCUT2D eigenvalue weighted by Gasteiger charge is -2.18. The molecule has 1 aromatic carbocycles. The van der Waals surface area contributed by atoms with E-state index in [4.69, 9.17) is 35.4 Å². The van der Waals surface area contributed by atoms with Gasteiger partial charge in [-0.25, -0.2) is 0 Å². The molecule has 0 amide bonds. The zero-order chi connectivity index (χ0) is 15.4. The Kier molecular flexibility index (Phi) is 5.45. The Bertz CT molecular complexity index is 642. The van der Waals surface area contributed by atoms with E-state index in [0.29, 0.717) is 15.2 Å². The highest BCUT2D eigenvalue weighted by atomic mass is 35.5. The van der Waals surface area contributed by atoms with Crippen LogP contribution in [0.3, 0.4) is 0 Å². The van der Waals surface area contributed by atoms with Gasteiger partial charge in [-0.2, -0.15) is 5.10 Å². The SMILES string of the molecule is CCn1nccc1C(C)NC(=S)Nc1ccc(Cl)cc1Cl. The lowest BCUT2D eigenvalue weighted by molar-refractivity contribution is 0.568. The van der Waals surface area contributed by atoms with Gasteiger partial charge in [-0.05, 0) is 50.3 Å². The number of nitrogens with zero attached hydrogens (tertiary/aromatic N) is 2. The quantitative estimate of drug-likeness (QED) is 0.814. The largest absolute Gasteiger partial charge is 0.354 e. The monoisotopic (exact) mass is 342 g/mol. The van der Waals surface area contributed by atoms with Crippen LogP contribution in [0.4, 0.5) is 5.69 Å². The first kappa shape index (κ1) is 16.1. The van der Waals surface area contributed by atoms with Gasteiger partial charge in [0.25, 0.3) is 0 Å². The number of aryl methyl sites for hydroxylation is 1. The molecule has 1 heterocycles. The predicted octanol–water partition coefficient (Wildman–Crippen LogP) is 4.26. The van der Waals surface area contributed by atoms with E-state index in [2.05, 4.69) is 15.7 Å². The van der Waals surface area contributed by atoms with Gasteiger partial charge in [0, 0.05) is 17.8 Å². The number of hydrogen-bond acceptors (Lipinski definition) is 2. The van der Waals surface area contributed by atoms with Crippen molar-refractivity contribution in [3.05, 3.63) is 46.2 Å². The first-order valence-electron chi connectivity index (χ1n) is 6.55. The van der Waals surface area contributed by atoms with Gasteiger partial charge >= 0.3 is 0 Å². The Morgan fingerprint density at radius 3 is 2.81 bits per heavy atom. The molecule has 0 saturated carbocycles. The lowest BCUT2D eigenvalue weighted by Crippen LogP contribution is -2.32. The van der Waals surface area contributed by atoms with E-state index < -0.39 is 0 Å². The molecule has 0 spiro atoms. The number of thiocarbonyl (C=S) groups is 1. The molecule has 2 rings (SSSR count). The van der Waals surface area contributed by atoms with Gasteiger partial charge in [-0.15, -0.1) is 0 Å². The second-order valence-corrected chi connectivity index (χ2v) is 5.77. The van der Waals surface area contributed by atoms with Crippen LogP contribution in [0, 0.1) is 0 Å². The summed E-state index contributed by atoms with van der Waals surface area (Å²) in [5, 5.41) is 12.1. The molecular formula is C14H16Cl2N4S. The molecule has 112 valence electrons. The normalized spacial score (nSPS) is 12.0. The van der Waals surface area contributed by atoms with Crippen LogP contribution in [0.1, 0.15) is 25.6 Å². The number of aromatic nitrogens is 2. The fraction of sp³-hybridized carbons (Fsp3) is 0.286. The summed E-state index contributed by atoms with van der Waals surface area (Å²) in [6.45, 7) is 4.89. The van der Waals surface area contributed by atoms with E-state index in [-0.39, 0.29) is 6.04 Å². The fourth-order valence-electron chi connectivity index (χ4n) is 1.99. The molecular weight excluding hydrogens is 327 g/mol. The van der Waals surface area contributed by atoms with Crippen LogP contribution in [0.25, 0.3) is 0 Å². The third-order valence-corrected chi connectivity index (χ3v) is 3.79. The lowest BCUT2D eigenvalue weighted by atomic mass is 10.2. The second kappa shape index (κ2) is 7.11. The summed E-state index contributed by atoms with van der Waals surface area (Å²) >= 11 is 17.3. The van der Waals surface area contributed by atoms with Crippen molar-refractivity contribution in [3.8, 4) is 0 Å². The van der Waals surface area contributed by atoms with Crippen molar-refractivity contribution in [2.45, 2.75) is 26.4 Å². The minimum atomic E-state index is 0.0403. The number of rotatable bonds is 4. The number of nitrogens with one attached hydrogen (secondary N) is 2. The van der Waals surface area contributed by atoms with Crippen LogP contribution in [0.2, 0.25) is 10.0 Å². The summed E-state index contributed by atoms with van der Waals surface area (Å²) in [4.78, 5) is 0. The Hall–Kier alpha value is -1.30. The minimum absolute atomic E-state index is 0.0403. The van der Waals surface area contributed by atoms with Crippen molar-refractivity contribution in [3.63, 3.8) is 0 Å². The first-order valence-corrected chi connectivity index (χ1v) is 7.72. The highest BCUT2D eigenvalue weighted by Crippen LogP contribution is 2.25. The molecule has 1 unspecified atom stereocenters. The molecule has 21 heavy (non-hydrogen) atoms. The third kappa shape index (κ3) is 4.09. The predicted molar refractivity (Wildman–Crippen MR) is 92.1 cm³/mol. The number of hydrogen-bond donors (Lipinski definition) is 2. The third-order valence-electron chi connectivity index (χ3n) is 3.02. The average molecular weight is 343 g/mol. The second-order valence-electron chi connectivity index (χ2n) is 4.52. The van der Waals surface area contributed by atoms with Crippen molar-refractivity contribution in [1.82, 2.24) is 15.1 Å². The Balaban J connectivity index is 2.01. The van der Waals surface area contributed by atoms with E-state index >= 15 is 0 Å². The summed E-state index contributed by atoms with van der Waals surface area (Å²) in [5.74, 6) is 0. The van der Waals surface area contributed by atoms with E-state index in [0.717, 1.165) is 17.9 Å². The van der Waals surface area contributed by atoms with Crippen LogP contribution in [0.5, 0.6) is 0 Å². The van der Waals surface area contributed by atoms with Crippen LogP contribution in [-0.2, 0) is 6.54 Å². The van der Waals surface area contributed by atoms with Gasteiger partial charge in [0.15, 0.2) is 5.11 Å². The average Bonchev–Trinajstić information content (AvgIpc) is 2.90. The molecule has 1 aromatic heterocycles. The van der Waals surface area contributed by atoms with E-state index in [1.807, 2.05) is 24.6 Å². The molecule has 7 heteroatoms. The maximum Gasteiger partial charge on any atom is 0.171 e. The number of anilines is 1. The first-order chi connectivity index (χ1) is 10.0. The summed E-state index contributed by atoms with van der Waals surface area (Å²) in [6, 6.07) is 7.23. The zero-order valence-electron chi connectivity index (χ0n) is 11.7. The topological polar surface area (TPSA) is 41.9 Å². The molecule has 0 saturated heterocycles. The molecule has 0 aliphatic heterocycles. The number of benzene rings is 1. The van der Waals surface area contributed by atoms with Crippen molar-refractivity contribution < 1.29 is 0 Å². The Morgan fingerprint density at radius 2 is 2.14 bits per heavy atom. The molecule has 2 N–H and O–H groups in total. The maximum atomic E-state index is 6.11. The van der Waals surface area contributed by atoms with Crippen LogP contribution < -0.4 is 10.6 Å². The van der Waals surface area contributed by atoms with Crippen LogP contribution in [0.15, 0.2) is 30.5 Å². The van der Waals surface area contributed by atoms with Gasteiger partial charge in [0.2, 0.25) is 0 Å². The molecule has 0 fully saturated rings. The van der Waals surface area contributed by atoms with Crippen molar-refractivity contribution in [2.75, 3.05) is 5.32 Å².